The average molecular weight is 1340 g/mol. The Morgan fingerprint density at radius 3 is 1.99 bits per heavy atom. The monoisotopic (exact) mass is 1340 g/mol. The summed E-state index contributed by atoms with van der Waals surface area (Å²) in [6.45, 7) is 2.38. The number of likely N-dealkylation sites (tertiary alicyclic amines) is 1. The van der Waals surface area contributed by atoms with Gasteiger partial charge >= 0.3 is 0 Å². The number of primary amides is 1. The van der Waals surface area contributed by atoms with Gasteiger partial charge in [0.05, 0.1) is 19.5 Å². The molecule has 0 saturated carbocycles. The fourth-order valence-electron chi connectivity index (χ4n) is 11.9. The number of imidazole rings is 1. The molecule has 11 amide bonds. The van der Waals surface area contributed by atoms with E-state index in [4.69, 9.17) is 17.2 Å². The number of aliphatic imine (C=N–C) groups is 1. The number of fused-ring (bicyclic) bond motifs is 2. The Bertz CT molecular complexity index is 3840. The third-order valence-corrected chi connectivity index (χ3v) is 17.0. The van der Waals surface area contributed by atoms with Gasteiger partial charge < -0.3 is 89.7 Å². The number of carbonyl (C=O) groups excluding carboxylic acids is 11. The quantitative estimate of drug-likeness (QED) is 0.0130. The highest BCUT2D eigenvalue weighted by Crippen LogP contribution is 2.24. The van der Waals surface area contributed by atoms with Crippen molar-refractivity contribution in [3.05, 3.63) is 132 Å². The third-order valence-electron chi connectivity index (χ3n) is 17.0. The van der Waals surface area contributed by atoms with Crippen LogP contribution in [0.15, 0.2) is 115 Å². The Balaban J connectivity index is 1.07. The van der Waals surface area contributed by atoms with Gasteiger partial charge in [-0.15, -0.1) is 0 Å². The van der Waals surface area contributed by atoms with Crippen LogP contribution in [0.4, 0.5) is 0 Å². The molecule has 2 aliphatic rings. The molecule has 4 aromatic carbocycles. The Morgan fingerprint density at radius 2 is 1.33 bits per heavy atom. The molecule has 4 heterocycles. The molecule has 2 saturated heterocycles. The van der Waals surface area contributed by atoms with E-state index in [1.54, 1.807) is 36.5 Å². The van der Waals surface area contributed by atoms with Crippen molar-refractivity contribution >= 4 is 92.6 Å². The summed E-state index contributed by atoms with van der Waals surface area (Å²) in [6, 6.07) is 13.6. The van der Waals surface area contributed by atoms with Crippen molar-refractivity contribution in [1.29, 1.82) is 0 Å². The highest BCUT2D eigenvalue weighted by molar-refractivity contribution is 6.00. The minimum atomic E-state index is -1.80. The maximum atomic E-state index is 15.5. The van der Waals surface area contributed by atoms with Gasteiger partial charge in [-0.1, -0.05) is 86.6 Å². The number of guanidine groups is 1. The maximum absolute atomic E-state index is 15.5. The van der Waals surface area contributed by atoms with Crippen molar-refractivity contribution in [3.63, 3.8) is 0 Å². The number of phenols is 1. The minimum Gasteiger partial charge on any atom is -0.508 e. The molecular formula is C67H85N17O13. The highest BCUT2D eigenvalue weighted by Gasteiger charge is 2.41. The number of para-hydroxylation sites is 1. The van der Waals surface area contributed by atoms with Crippen LogP contribution in [0.1, 0.15) is 81.2 Å². The number of hydrogen-bond donors (Lipinski definition) is 15. The first-order valence-corrected chi connectivity index (χ1v) is 32.1. The van der Waals surface area contributed by atoms with E-state index in [0.717, 1.165) is 10.8 Å². The predicted octanol–water partition coefficient (Wildman–Crippen LogP) is -1.28. The van der Waals surface area contributed by atoms with Crippen LogP contribution < -0.4 is 59.7 Å². The van der Waals surface area contributed by atoms with Crippen molar-refractivity contribution in [2.45, 2.75) is 139 Å². The standard InChI is InChI=1S/C67H85N17O13/c1-37(2)26-55(64(95)77-48(14-8-24-72-67(69)70)66(97)84-25-9-15-54(84)63(94)74-34-56(68)87)83(3)65(96)52(29-39-16-19-40-10-4-5-11-41(40)27-39)81-59(90)49(28-38-17-20-44(86)21-18-38)78-62(93)53(35-85)82-60(91)50(30-42-32-73-46-13-7-6-12-45(42)46)79-61(92)51(31-43-33-71-36-75-43)80-58(89)47-22-23-57(88)76-47/h4-7,10-13,16-21,27,32-33,36-37,47-55,73,85-86H,8-9,14-15,22-26,28-31,34-35H2,1-3H3,(H2,68,87)(H,71,75)(H,74,94)(H,76,88)(H,77,95)(H,78,93)(H,79,92)(H,80,89)(H,81,90)(H,82,91)(H4,69,70,72)/t47-,48-,49-,50-,51-,52+,53-,54-,55-/m0/s1. The number of aliphatic hydroxyl groups is 1. The van der Waals surface area contributed by atoms with Crippen molar-refractivity contribution in [2.75, 3.05) is 33.3 Å². The van der Waals surface area contributed by atoms with Gasteiger partial charge in [-0.3, -0.25) is 57.7 Å². The van der Waals surface area contributed by atoms with Crippen LogP contribution in [-0.2, 0) is 78.4 Å². The van der Waals surface area contributed by atoms with Crippen molar-refractivity contribution in [2.24, 2.45) is 28.1 Å². The number of rotatable bonds is 33. The lowest BCUT2D eigenvalue weighted by Gasteiger charge is -2.34. The Morgan fingerprint density at radius 1 is 0.701 bits per heavy atom. The Kier molecular flexibility index (Phi) is 25.2. The van der Waals surface area contributed by atoms with Gasteiger partial charge in [-0.05, 0) is 90.1 Å². The molecule has 6 aromatic rings. The largest absolute Gasteiger partial charge is 0.508 e. The summed E-state index contributed by atoms with van der Waals surface area (Å²) in [7, 11) is 1.38. The number of benzene rings is 4. The number of aromatic amines is 2. The molecule has 97 heavy (non-hydrogen) atoms. The van der Waals surface area contributed by atoms with Gasteiger partial charge in [0.15, 0.2) is 5.96 Å². The van der Waals surface area contributed by atoms with E-state index < -0.39 is 127 Å². The van der Waals surface area contributed by atoms with Gasteiger partial charge in [0, 0.05) is 81.2 Å². The van der Waals surface area contributed by atoms with Crippen LogP contribution in [0.5, 0.6) is 5.75 Å². The summed E-state index contributed by atoms with van der Waals surface area (Å²) in [5, 5.41) is 45.0. The number of aromatic hydroxyl groups is 1. The Hall–Kier alpha value is -10.9. The lowest BCUT2D eigenvalue weighted by molar-refractivity contribution is -0.145. The first-order chi connectivity index (χ1) is 46.4. The number of likely N-dealkylation sites (N-methyl/N-ethyl adjacent to an activating group) is 1. The summed E-state index contributed by atoms with van der Waals surface area (Å²) < 4.78 is 0. The molecule has 2 fully saturated rings. The maximum Gasteiger partial charge on any atom is 0.245 e. The molecule has 2 aromatic heterocycles. The number of phenolic OH excluding ortho intramolecular Hbond substituents is 1. The van der Waals surface area contributed by atoms with Crippen LogP contribution in [0.3, 0.4) is 0 Å². The van der Waals surface area contributed by atoms with E-state index >= 15 is 9.59 Å². The van der Waals surface area contributed by atoms with Crippen LogP contribution in [-0.4, -0.2) is 194 Å². The fraction of sp³-hybridized carbons (Fsp3) is 0.418. The highest BCUT2D eigenvalue weighted by atomic mass is 16.3. The number of amides is 11. The summed E-state index contributed by atoms with van der Waals surface area (Å²) in [5.74, 6) is -8.85. The molecule has 0 radical (unpaired) electrons. The van der Waals surface area contributed by atoms with Crippen molar-refractivity contribution < 1.29 is 63.0 Å². The number of nitrogens with one attached hydrogen (secondary N) is 10. The van der Waals surface area contributed by atoms with Gasteiger partial charge in [0.2, 0.25) is 65.0 Å². The molecular weight excluding hydrogens is 1250 g/mol. The van der Waals surface area contributed by atoms with Gasteiger partial charge in [-0.2, -0.15) is 0 Å². The smallest absolute Gasteiger partial charge is 0.245 e. The SMILES string of the molecule is CC(C)C[C@@H](C(=O)N[C@@H](CCCN=C(N)N)C(=O)N1CCC[C@H]1C(=O)NCC(N)=O)N(C)C(=O)[C@@H](Cc1ccc2ccccc2c1)NC(=O)[C@H](Cc1ccc(O)cc1)NC(=O)[C@H](CO)NC(=O)[C@H](Cc1c[nH]c2ccccc12)NC(=O)[C@H](Cc1cnc[nH]1)NC(=O)[C@@H]1CCC(=O)N1. The fourth-order valence-corrected chi connectivity index (χ4v) is 11.9. The second-order valence-corrected chi connectivity index (χ2v) is 24.7. The molecule has 9 atom stereocenters. The molecule has 0 bridgehead atoms. The summed E-state index contributed by atoms with van der Waals surface area (Å²) in [6.07, 6.45) is 4.94. The minimum absolute atomic E-state index is 0.00397. The zero-order chi connectivity index (χ0) is 69.9. The molecule has 2 aliphatic heterocycles. The number of carbonyl (C=O) groups is 11. The zero-order valence-electron chi connectivity index (χ0n) is 54.2. The van der Waals surface area contributed by atoms with Crippen molar-refractivity contribution in [3.8, 4) is 5.75 Å². The number of nitrogens with two attached hydrogens (primary N) is 3. The lowest BCUT2D eigenvalue weighted by atomic mass is 9.97. The molecule has 30 nitrogen and oxygen atoms in total. The van der Waals surface area contributed by atoms with E-state index in [2.05, 4.69) is 62.5 Å². The number of aliphatic hydroxyl groups excluding tert-OH is 1. The predicted molar refractivity (Wildman–Crippen MR) is 356 cm³/mol. The molecule has 8 rings (SSSR count). The average Bonchev–Trinajstić information content (AvgIpc) is 1.83. The first kappa shape index (κ1) is 71.9. The summed E-state index contributed by atoms with van der Waals surface area (Å²) >= 11 is 0. The zero-order valence-corrected chi connectivity index (χ0v) is 54.2. The molecule has 18 N–H and O–H groups in total. The molecule has 0 spiro atoms. The number of H-pyrrole nitrogens is 2. The number of nitrogens with zero attached hydrogens (tertiary/aromatic N) is 4. The topological polar surface area (TPSA) is 466 Å². The third kappa shape index (κ3) is 20.1. The molecule has 0 aliphatic carbocycles. The summed E-state index contributed by atoms with van der Waals surface area (Å²) in [4.78, 5) is 171. The first-order valence-electron chi connectivity index (χ1n) is 32.1. The summed E-state index contributed by atoms with van der Waals surface area (Å²) in [5.41, 5.74) is 19.2. The number of aromatic nitrogens is 3. The van der Waals surface area contributed by atoms with Gasteiger partial charge in [0.1, 0.15) is 60.1 Å². The normalized spacial score (nSPS) is 16.5. The molecule has 30 heteroatoms. The van der Waals surface area contributed by atoms with E-state index in [1.807, 2.05) is 50.2 Å². The molecule has 516 valence electrons. The second-order valence-electron chi connectivity index (χ2n) is 24.7. The van der Waals surface area contributed by atoms with E-state index in [1.165, 1.54) is 53.6 Å². The van der Waals surface area contributed by atoms with Crippen LogP contribution >= 0.6 is 0 Å². The lowest BCUT2D eigenvalue weighted by Crippen LogP contribution is -2.62. The van der Waals surface area contributed by atoms with Crippen LogP contribution in [0.25, 0.3) is 21.7 Å². The van der Waals surface area contributed by atoms with Gasteiger partial charge in [0.25, 0.3) is 0 Å². The van der Waals surface area contributed by atoms with E-state index in [-0.39, 0.29) is 101 Å². The number of hydrogen-bond acceptors (Lipinski definition) is 15. The van der Waals surface area contributed by atoms with E-state index in [9.17, 15) is 53.4 Å². The van der Waals surface area contributed by atoms with E-state index in [0.29, 0.717) is 39.7 Å². The Labute approximate surface area is 558 Å². The van der Waals surface area contributed by atoms with Crippen LogP contribution in [0.2, 0.25) is 0 Å². The van der Waals surface area contributed by atoms with Crippen LogP contribution in [0, 0.1) is 5.92 Å². The second kappa shape index (κ2) is 34.0. The van der Waals surface area contributed by atoms with Gasteiger partial charge in [-0.25, -0.2) is 4.98 Å². The van der Waals surface area contributed by atoms with Crippen molar-refractivity contribution in [1.82, 2.24) is 67.3 Å². The molecule has 0 unspecified atom stereocenters.